The molecule has 0 radical (unpaired) electrons. The zero-order valence-electron chi connectivity index (χ0n) is 5.82. The van der Waals surface area contributed by atoms with Crippen molar-refractivity contribution in [2.24, 2.45) is 0 Å². The maximum atomic E-state index is 8.13. The summed E-state index contributed by atoms with van der Waals surface area (Å²) in [6.07, 6.45) is 0. The van der Waals surface area contributed by atoms with E-state index in [9.17, 15) is 0 Å². The Morgan fingerprint density at radius 3 is 1.45 bits per heavy atom. The molecule has 0 rings (SSSR count). The van der Waals surface area contributed by atoms with Crippen LogP contribution in [0.3, 0.4) is 0 Å². The smallest absolute Gasteiger partial charge is 0.369 e. The first-order valence-electron chi connectivity index (χ1n) is 1.94. The molecule has 0 unspecified atom stereocenters. The van der Waals surface area contributed by atoms with Crippen LogP contribution in [-0.2, 0) is 18.8 Å². The Balaban J connectivity index is 0. The summed E-state index contributed by atoms with van der Waals surface area (Å²) in [5.41, 5.74) is 0. The molecule has 0 aliphatic heterocycles. The predicted octanol–water partition coefficient (Wildman–Crippen LogP) is -2.95. The summed E-state index contributed by atoms with van der Waals surface area (Å²) in [7, 11) is 0. The van der Waals surface area contributed by atoms with E-state index in [1.165, 1.54) is 0 Å². The van der Waals surface area contributed by atoms with Crippen molar-refractivity contribution in [3.05, 3.63) is 0 Å². The number of hydrogen-bond acceptors (Lipinski definition) is 7. The molecule has 0 amide bonds. The summed E-state index contributed by atoms with van der Waals surface area (Å²) in [4.78, 5) is 0. The zero-order chi connectivity index (χ0) is 8.53. The van der Waals surface area contributed by atoms with Crippen LogP contribution < -0.4 is 6.15 Å². The van der Waals surface area contributed by atoms with Crippen molar-refractivity contribution in [2.75, 3.05) is 13.2 Å². The van der Waals surface area contributed by atoms with Crippen molar-refractivity contribution in [3.63, 3.8) is 0 Å². The minimum absolute atomic E-state index is 0. The van der Waals surface area contributed by atoms with Crippen molar-refractivity contribution < 1.29 is 43.0 Å². The maximum absolute atomic E-state index is 8.13. The van der Waals surface area contributed by atoms with Crippen molar-refractivity contribution >= 4 is 0 Å². The minimum Gasteiger partial charge on any atom is -0.369 e. The average Bonchev–Trinajstić information content (AvgIpc) is 1.55. The van der Waals surface area contributed by atoms with Gasteiger partial charge in [-0.2, -0.15) is 0 Å². The molecule has 0 saturated carbocycles. The zero-order valence-corrected chi connectivity index (χ0v) is 7.38. The van der Waals surface area contributed by atoms with Crippen LogP contribution >= 0.6 is 0 Å². The number of aliphatic hydroxyl groups is 1. The van der Waals surface area contributed by atoms with Gasteiger partial charge in [-0.15, -0.1) is 0 Å². The Hall–Kier alpha value is 0.342. The van der Waals surface area contributed by atoms with Crippen LogP contribution in [0, 0.1) is 0 Å². The third-order valence-corrected chi connectivity index (χ3v) is 1.68. The van der Waals surface area contributed by atoms with E-state index in [0.29, 0.717) is 0 Å². The molecule has 0 fully saturated rings. The fraction of sp³-hybridized carbons (Fsp3) is 1.00. The van der Waals surface area contributed by atoms with E-state index in [2.05, 4.69) is 3.46 Å². The normalized spacial score (nSPS) is 18.0. The van der Waals surface area contributed by atoms with Gasteiger partial charge in [-0.05, 0) is 0 Å². The molecular formula is C2H14NO7Pd+. The van der Waals surface area contributed by atoms with E-state index < -0.39 is 28.5 Å². The average molecular weight is 271 g/mol. The number of rotatable bonds is 3. The van der Waals surface area contributed by atoms with Gasteiger partial charge in [0.15, 0.2) is 0 Å². The van der Waals surface area contributed by atoms with Gasteiger partial charge in [-0.1, -0.05) is 0 Å². The molecule has 0 aliphatic carbocycles. The Bertz CT molecular complexity index is 122. The van der Waals surface area contributed by atoms with Gasteiger partial charge in [0, 0.05) is 0 Å². The summed E-state index contributed by atoms with van der Waals surface area (Å²) in [6, 6.07) is 0. The predicted molar refractivity (Wildman–Crippen MR) is 30.1 cm³/mol. The SMILES string of the molecule is OCC[O][Pd]([OH])([OH])([OH])([OH])[OH].[NH4+]. The van der Waals surface area contributed by atoms with Crippen LogP contribution in [0.5, 0.6) is 0 Å². The molecule has 0 aromatic rings. The van der Waals surface area contributed by atoms with Crippen LogP contribution in [0.4, 0.5) is 0 Å². The monoisotopic (exact) mass is 270 g/mol. The van der Waals surface area contributed by atoms with Crippen molar-refractivity contribution in [1.82, 2.24) is 6.15 Å². The summed E-state index contributed by atoms with van der Waals surface area (Å²) >= 11 is -7.70. The van der Waals surface area contributed by atoms with Gasteiger partial charge < -0.3 is 6.15 Å². The largest absolute Gasteiger partial charge is 0.369 e. The quantitative estimate of drug-likeness (QED) is 0.269. The van der Waals surface area contributed by atoms with Crippen LogP contribution in [0.15, 0.2) is 0 Å². The molecule has 8 nitrogen and oxygen atoms in total. The molecule has 0 heterocycles. The van der Waals surface area contributed by atoms with E-state index in [0.717, 1.165) is 0 Å². The molecule has 11 heavy (non-hydrogen) atoms. The molecule has 0 aromatic carbocycles. The number of quaternary nitrogens is 1. The Kier molecular flexibility index (Phi) is 3.39. The molecular weight excluding hydrogens is 256 g/mol. The molecule has 78 valence electrons. The molecule has 9 heteroatoms. The first-order chi connectivity index (χ1) is 4.04. The van der Waals surface area contributed by atoms with E-state index >= 15 is 0 Å². The topological polar surface area (TPSA) is 167 Å². The standard InChI is InChI=1S/C2H5O2.H3N.5H2O.Pd/c3-1-2-4;;;;;;;/h3H,1-2H2;1H3;5*1H2;/q-1;;;;;;;+6/p-4. The van der Waals surface area contributed by atoms with E-state index in [1.54, 1.807) is 0 Å². The Morgan fingerprint density at radius 2 is 1.36 bits per heavy atom. The first kappa shape index (κ1) is 13.9. The molecule has 10 N–H and O–H groups in total. The second kappa shape index (κ2) is 2.68. The second-order valence-corrected chi connectivity index (χ2v) is 6.42. The first-order valence-corrected chi connectivity index (χ1v) is 6.05. The van der Waals surface area contributed by atoms with Crippen LogP contribution in [-0.4, -0.2) is 37.5 Å². The van der Waals surface area contributed by atoms with Gasteiger partial charge in [0.1, 0.15) is 0 Å². The Morgan fingerprint density at radius 1 is 1.00 bits per heavy atom. The van der Waals surface area contributed by atoms with E-state index in [-0.39, 0.29) is 6.15 Å². The molecule has 0 atom stereocenters. The van der Waals surface area contributed by atoms with Crippen molar-refractivity contribution in [1.29, 1.82) is 0 Å². The minimum atomic E-state index is -7.70. The molecule has 0 aliphatic rings. The third-order valence-electron chi connectivity index (χ3n) is 0.360. The van der Waals surface area contributed by atoms with Crippen LogP contribution in [0.1, 0.15) is 0 Å². The van der Waals surface area contributed by atoms with Gasteiger partial charge >= 0.3 is 56.3 Å². The van der Waals surface area contributed by atoms with Gasteiger partial charge in [-0.3, -0.25) is 0 Å². The van der Waals surface area contributed by atoms with Crippen molar-refractivity contribution in [3.8, 4) is 0 Å². The van der Waals surface area contributed by atoms with Gasteiger partial charge in [0.25, 0.3) is 0 Å². The summed E-state index contributed by atoms with van der Waals surface area (Å²) in [5, 5.41) is 8.00. The molecule has 0 bridgehead atoms. The summed E-state index contributed by atoms with van der Waals surface area (Å²) < 4.78 is 44.1. The van der Waals surface area contributed by atoms with Gasteiger partial charge in [-0.25, -0.2) is 0 Å². The van der Waals surface area contributed by atoms with Gasteiger partial charge in [0.05, 0.1) is 0 Å². The third kappa shape index (κ3) is 13.4. The number of hydrogen-bond donors (Lipinski definition) is 7. The van der Waals surface area contributed by atoms with E-state index in [4.69, 9.17) is 24.3 Å². The number of aliphatic hydroxyl groups excluding tert-OH is 1. The summed E-state index contributed by atoms with van der Waals surface area (Å²) in [6.45, 7) is -1.47. The van der Waals surface area contributed by atoms with Crippen LogP contribution in [0.25, 0.3) is 0 Å². The maximum Gasteiger partial charge on any atom is -0.369 e. The second-order valence-electron chi connectivity index (χ2n) is 1.44. The fourth-order valence-electron chi connectivity index (χ4n) is 0.173. The molecule has 0 aromatic heterocycles. The summed E-state index contributed by atoms with van der Waals surface area (Å²) in [5.74, 6) is 0. The van der Waals surface area contributed by atoms with Crippen molar-refractivity contribution in [2.45, 2.75) is 0 Å². The molecule has 0 saturated heterocycles. The Labute approximate surface area is 63.0 Å². The van der Waals surface area contributed by atoms with Gasteiger partial charge in [0.2, 0.25) is 0 Å². The van der Waals surface area contributed by atoms with E-state index in [1.807, 2.05) is 0 Å². The molecule has 0 spiro atoms. The fourth-order valence-corrected chi connectivity index (χ4v) is 1.02. The van der Waals surface area contributed by atoms with Crippen LogP contribution in [0.2, 0.25) is 0 Å².